The Bertz CT molecular complexity index is 1470. The lowest BCUT2D eigenvalue weighted by atomic mass is 10.1. The maximum Gasteiger partial charge on any atom is 0.347 e. The van der Waals surface area contributed by atoms with Crippen LogP contribution in [0.4, 0.5) is 4.39 Å². The van der Waals surface area contributed by atoms with Gasteiger partial charge in [-0.25, -0.2) is 23.9 Å². The van der Waals surface area contributed by atoms with Crippen molar-refractivity contribution in [2.75, 3.05) is 6.61 Å². The Morgan fingerprint density at radius 3 is 2.61 bits per heavy atom. The molecule has 2 aromatic heterocycles. The van der Waals surface area contributed by atoms with Crippen molar-refractivity contribution in [3.8, 4) is 0 Å². The number of halogens is 2. The first-order valence-electron chi connectivity index (χ1n) is 11.0. The van der Waals surface area contributed by atoms with E-state index in [0.717, 1.165) is 5.56 Å². The fourth-order valence-corrected chi connectivity index (χ4v) is 4.58. The van der Waals surface area contributed by atoms with Crippen LogP contribution >= 0.6 is 22.9 Å². The monoisotopic (exact) mass is 530 g/mol. The molecule has 0 unspecified atom stereocenters. The molecule has 0 atom stereocenters. The van der Waals surface area contributed by atoms with Crippen LogP contribution in [0.1, 0.15) is 44.6 Å². The van der Waals surface area contributed by atoms with Crippen LogP contribution in [0.5, 0.6) is 0 Å². The first-order valence-corrected chi connectivity index (χ1v) is 12.2. The van der Waals surface area contributed by atoms with Gasteiger partial charge in [-0.3, -0.25) is 4.79 Å². The van der Waals surface area contributed by atoms with Crippen LogP contribution < -0.4 is 15.9 Å². The lowest BCUT2D eigenvalue weighted by molar-refractivity contribution is -0.351. The van der Waals surface area contributed by atoms with E-state index < -0.39 is 17.3 Å². The number of hydrogen-bond donors (Lipinski definition) is 2. The van der Waals surface area contributed by atoms with Gasteiger partial charge in [0.1, 0.15) is 11.2 Å². The molecule has 3 N–H and O–H groups in total. The molecule has 0 fully saturated rings. The van der Waals surface area contributed by atoms with E-state index in [1.165, 1.54) is 29.5 Å². The molecule has 0 aliphatic rings. The predicted octanol–water partition coefficient (Wildman–Crippen LogP) is 4.02. The fraction of sp³-hybridized carbons (Fsp3) is 0.200. The first-order chi connectivity index (χ1) is 17.4. The van der Waals surface area contributed by atoms with Crippen molar-refractivity contribution in [3.63, 3.8) is 0 Å². The van der Waals surface area contributed by atoms with Crippen LogP contribution in [0.2, 0.25) is 5.02 Å². The highest BCUT2D eigenvalue weighted by molar-refractivity contribution is 7.16. The van der Waals surface area contributed by atoms with E-state index in [1.807, 2.05) is 0 Å². The smallest absolute Gasteiger partial charge is 0.347 e. The standard InChI is InChI=1S/C25H21ClFN3O5S/c1-2-35-25(33)16-6-3-14(4-7-16)11-34-12-17-13-36-24-20(17)22(31)29-21(30-24)23(32)28-10-15-5-8-19(27)18(26)9-15/h3-9,13H,2,10-12H2,1H3,(H,28,32)(H,29,30,31)/p+1. The number of carbonyl (C=O) groups excluding carboxylic acids is 2. The number of amides is 1. The molecule has 0 aliphatic heterocycles. The number of nitrogens with one attached hydrogen (secondary N) is 3. The number of esters is 1. The molecular weight excluding hydrogens is 509 g/mol. The minimum atomic E-state index is -0.542. The van der Waals surface area contributed by atoms with Crippen molar-refractivity contribution >= 4 is 45.0 Å². The van der Waals surface area contributed by atoms with E-state index in [0.29, 0.717) is 33.5 Å². The third-order valence-corrected chi connectivity index (χ3v) is 6.46. The average Bonchev–Trinajstić information content (AvgIpc) is 3.28. The summed E-state index contributed by atoms with van der Waals surface area (Å²) in [6.45, 7) is 2.65. The summed E-state index contributed by atoms with van der Waals surface area (Å²) in [5.74, 6) is -1.44. The van der Waals surface area contributed by atoms with Gasteiger partial charge in [0, 0.05) is 17.5 Å². The van der Waals surface area contributed by atoms with Crippen molar-refractivity contribution in [2.45, 2.75) is 26.7 Å². The van der Waals surface area contributed by atoms with Crippen molar-refractivity contribution in [1.82, 2.24) is 10.3 Å². The minimum absolute atomic E-state index is 0.00304. The lowest BCUT2D eigenvalue weighted by Crippen LogP contribution is -2.34. The van der Waals surface area contributed by atoms with Crippen molar-refractivity contribution in [3.05, 3.63) is 97.1 Å². The van der Waals surface area contributed by atoms with Gasteiger partial charge < -0.3 is 14.8 Å². The van der Waals surface area contributed by atoms with Gasteiger partial charge in [0.25, 0.3) is 0 Å². The number of fused-ring (bicyclic) bond motifs is 1. The Kier molecular flexibility index (Phi) is 8.09. The third kappa shape index (κ3) is 5.96. The van der Waals surface area contributed by atoms with Crippen LogP contribution in [0.25, 0.3) is 10.2 Å². The second-order valence-electron chi connectivity index (χ2n) is 7.76. The summed E-state index contributed by atoms with van der Waals surface area (Å²) in [6.07, 6.45) is 0. The average molecular weight is 531 g/mol. The van der Waals surface area contributed by atoms with Crippen LogP contribution in [0, 0.1) is 5.82 Å². The van der Waals surface area contributed by atoms with Crippen LogP contribution in [-0.2, 0) is 29.2 Å². The van der Waals surface area contributed by atoms with Crippen molar-refractivity contribution in [2.24, 2.45) is 0 Å². The predicted molar refractivity (Wildman–Crippen MR) is 132 cm³/mol. The molecular formula is C25H22ClFN3O5S+. The molecule has 186 valence electrons. The van der Waals surface area contributed by atoms with Gasteiger partial charge in [0.05, 0.1) is 30.4 Å². The number of ether oxygens (including phenoxy) is 2. The van der Waals surface area contributed by atoms with E-state index in [-0.39, 0.29) is 36.6 Å². The molecule has 1 amide bonds. The van der Waals surface area contributed by atoms with E-state index in [9.17, 15) is 18.8 Å². The molecule has 0 spiro atoms. The number of carbonyl (C=O) groups is 2. The van der Waals surface area contributed by atoms with Gasteiger partial charge in [0.15, 0.2) is 4.83 Å². The number of thiophene rings is 1. The highest BCUT2D eigenvalue weighted by Gasteiger charge is 2.21. The van der Waals surface area contributed by atoms with E-state index >= 15 is 0 Å². The molecule has 4 rings (SSSR count). The topological polar surface area (TPSA) is 112 Å². The highest BCUT2D eigenvalue weighted by Crippen LogP contribution is 2.20. The molecule has 0 radical (unpaired) electrons. The normalized spacial score (nSPS) is 11.0. The second kappa shape index (κ2) is 11.4. The highest BCUT2D eigenvalue weighted by atomic mass is 35.5. The number of aromatic nitrogens is 2. The van der Waals surface area contributed by atoms with Crippen molar-refractivity contribution < 1.29 is 28.4 Å². The summed E-state index contributed by atoms with van der Waals surface area (Å²) in [7, 11) is 0. The Balaban J connectivity index is 1.38. The summed E-state index contributed by atoms with van der Waals surface area (Å²) in [6, 6.07) is 11.1. The molecule has 2 heterocycles. The number of H-pyrrole nitrogens is 2. The summed E-state index contributed by atoms with van der Waals surface area (Å²) < 4.78 is 24.0. The maximum absolute atomic E-state index is 13.3. The number of benzene rings is 2. The Labute approximate surface area is 214 Å². The van der Waals surface area contributed by atoms with Gasteiger partial charge >= 0.3 is 23.3 Å². The van der Waals surface area contributed by atoms with Gasteiger partial charge in [-0.05, 0) is 42.3 Å². The zero-order valence-corrected chi connectivity index (χ0v) is 20.7. The summed E-state index contributed by atoms with van der Waals surface area (Å²) in [5, 5.41) is 4.83. The van der Waals surface area contributed by atoms with Gasteiger partial charge in [-0.1, -0.05) is 29.8 Å². The lowest BCUT2D eigenvalue weighted by Gasteiger charge is -2.05. The molecule has 4 aromatic rings. The SMILES string of the molecule is CCOC(=O)c1ccc(COCc2csc3[nH+]c(C(=O)NCc4ccc(F)c(Cl)c4)[nH]c(=O)c23)cc1. The maximum atomic E-state index is 13.3. The Hall–Kier alpha value is -3.60. The van der Waals surface area contributed by atoms with Crippen LogP contribution in [0.15, 0.2) is 52.6 Å². The molecule has 0 aliphatic carbocycles. The van der Waals surface area contributed by atoms with E-state index in [2.05, 4.69) is 15.3 Å². The van der Waals surface area contributed by atoms with E-state index in [1.54, 1.807) is 36.6 Å². The molecule has 8 nitrogen and oxygen atoms in total. The van der Waals surface area contributed by atoms with Crippen LogP contribution in [-0.4, -0.2) is 23.5 Å². The van der Waals surface area contributed by atoms with Crippen molar-refractivity contribution in [1.29, 1.82) is 0 Å². The van der Waals surface area contributed by atoms with Gasteiger partial charge in [0.2, 0.25) is 0 Å². The summed E-state index contributed by atoms with van der Waals surface area (Å²) >= 11 is 7.05. The molecule has 11 heteroatoms. The number of aromatic amines is 2. The van der Waals surface area contributed by atoms with Crippen LogP contribution in [0.3, 0.4) is 0 Å². The minimum Gasteiger partial charge on any atom is -0.462 e. The quantitative estimate of drug-likeness (QED) is 0.317. The van der Waals surface area contributed by atoms with E-state index in [4.69, 9.17) is 21.1 Å². The first kappa shape index (κ1) is 25.5. The number of hydrogen-bond acceptors (Lipinski definition) is 6. The zero-order chi connectivity index (χ0) is 25.7. The molecule has 0 saturated carbocycles. The Morgan fingerprint density at radius 1 is 1.14 bits per heavy atom. The van der Waals surface area contributed by atoms with Gasteiger partial charge in [-0.15, -0.1) is 11.3 Å². The molecule has 0 bridgehead atoms. The molecule has 0 saturated heterocycles. The molecule has 36 heavy (non-hydrogen) atoms. The fourth-order valence-electron chi connectivity index (χ4n) is 3.43. The summed E-state index contributed by atoms with van der Waals surface area (Å²) in [4.78, 5) is 43.0. The summed E-state index contributed by atoms with van der Waals surface area (Å²) in [5.41, 5.74) is 2.21. The Morgan fingerprint density at radius 2 is 1.89 bits per heavy atom. The molecule has 2 aromatic carbocycles. The largest absolute Gasteiger partial charge is 0.462 e. The zero-order valence-electron chi connectivity index (χ0n) is 19.2. The number of rotatable bonds is 9. The third-order valence-electron chi connectivity index (χ3n) is 5.23. The second-order valence-corrected chi connectivity index (χ2v) is 9.05. The van der Waals surface area contributed by atoms with Gasteiger partial charge in [-0.2, -0.15) is 0 Å².